The molecule has 2 aromatic carbocycles. The van der Waals surface area contributed by atoms with Gasteiger partial charge in [-0.25, -0.2) is 17.7 Å². The van der Waals surface area contributed by atoms with Crippen LogP contribution in [0.2, 0.25) is 0 Å². The summed E-state index contributed by atoms with van der Waals surface area (Å²) < 4.78 is 31.4. The Hall–Kier alpha value is -2.93. The topological polar surface area (TPSA) is 80.5 Å². The molecule has 1 aliphatic rings. The van der Waals surface area contributed by atoms with Crippen molar-refractivity contribution in [2.75, 3.05) is 0 Å². The highest BCUT2D eigenvalue weighted by atomic mass is 32.2. The van der Waals surface area contributed by atoms with Crippen molar-refractivity contribution in [1.29, 1.82) is 0 Å². The summed E-state index contributed by atoms with van der Waals surface area (Å²) in [4.78, 5) is 16.7. The molecule has 0 saturated carbocycles. The molecule has 25 heavy (non-hydrogen) atoms. The van der Waals surface area contributed by atoms with Gasteiger partial charge in [-0.1, -0.05) is 48.5 Å². The minimum Gasteiger partial charge on any atom is -0.439 e. The first kappa shape index (κ1) is 15.6. The Labute approximate surface area is 144 Å². The maximum atomic E-state index is 12.6. The molecule has 3 aromatic rings. The highest BCUT2D eigenvalue weighted by molar-refractivity contribution is 7.89. The van der Waals surface area contributed by atoms with Crippen LogP contribution in [0.25, 0.3) is 11.3 Å². The van der Waals surface area contributed by atoms with Crippen LogP contribution in [0, 0.1) is 0 Å². The standard InChI is InChI=1S/C18H14N2O4S/c21-18-15-9-5-4-8-14(15)12-25(22,23)20(18)11-17-19-10-16(24-17)13-6-2-1-3-7-13/h1-10H,11-12H2. The van der Waals surface area contributed by atoms with Crippen molar-refractivity contribution in [2.45, 2.75) is 12.3 Å². The fourth-order valence-electron chi connectivity index (χ4n) is 2.80. The molecule has 0 unspecified atom stereocenters. The summed E-state index contributed by atoms with van der Waals surface area (Å²) in [7, 11) is -3.76. The second-order valence-corrected chi connectivity index (χ2v) is 7.60. The smallest absolute Gasteiger partial charge is 0.268 e. The third kappa shape index (κ3) is 2.83. The lowest BCUT2D eigenvalue weighted by Gasteiger charge is -2.26. The van der Waals surface area contributed by atoms with Crippen molar-refractivity contribution in [2.24, 2.45) is 0 Å². The van der Waals surface area contributed by atoms with Crippen LogP contribution in [-0.2, 0) is 22.3 Å². The van der Waals surface area contributed by atoms with Gasteiger partial charge < -0.3 is 4.42 Å². The zero-order chi connectivity index (χ0) is 17.4. The van der Waals surface area contributed by atoms with Gasteiger partial charge in [0.25, 0.3) is 5.91 Å². The summed E-state index contributed by atoms with van der Waals surface area (Å²) in [5, 5.41) is 0. The number of benzene rings is 2. The molecule has 0 N–H and O–H groups in total. The largest absolute Gasteiger partial charge is 0.439 e. The van der Waals surface area contributed by atoms with Crippen LogP contribution in [0.3, 0.4) is 0 Å². The molecule has 2 heterocycles. The second-order valence-electron chi connectivity index (χ2n) is 5.71. The monoisotopic (exact) mass is 354 g/mol. The molecular formula is C18H14N2O4S. The molecule has 0 saturated heterocycles. The van der Waals surface area contributed by atoms with E-state index in [0.717, 1.165) is 9.87 Å². The molecule has 7 heteroatoms. The maximum absolute atomic E-state index is 12.6. The van der Waals surface area contributed by atoms with Gasteiger partial charge in [0.05, 0.1) is 11.9 Å². The molecule has 0 bridgehead atoms. The first-order valence-corrected chi connectivity index (χ1v) is 9.28. The number of aromatic nitrogens is 1. The number of carbonyl (C=O) groups is 1. The Balaban J connectivity index is 1.65. The number of hydrogen-bond acceptors (Lipinski definition) is 5. The lowest BCUT2D eigenvalue weighted by molar-refractivity contribution is 0.0841. The molecule has 0 aliphatic carbocycles. The fourth-order valence-corrected chi connectivity index (χ4v) is 4.26. The second kappa shape index (κ2) is 5.86. The molecule has 0 atom stereocenters. The number of carbonyl (C=O) groups excluding carboxylic acids is 1. The van der Waals surface area contributed by atoms with Crippen LogP contribution in [0.4, 0.5) is 0 Å². The van der Waals surface area contributed by atoms with Gasteiger partial charge in [0, 0.05) is 11.1 Å². The van der Waals surface area contributed by atoms with Crippen LogP contribution in [0.1, 0.15) is 21.8 Å². The van der Waals surface area contributed by atoms with Crippen molar-refractivity contribution in [3.05, 3.63) is 77.8 Å². The number of sulfonamides is 1. The maximum Gasteiger partial charge on any atom is 0.268 e. The first-order valence-electron chi connectivity index (χ1n) is 7.67. The van der Waals surface area contributed by atoms with Crippen molar-refractivity contribution in [3.8, 4) is 11.3 Å². The van der Waals surface area contributed by atoms with Crippen molar-refractivity contribution >= 4 is 15.9 Å². The van der Waals surface area contributed by atoms with E-state index >= 15 is 0 Å². The highest BCUT2D eigenvalue weighted by Gasteiger charge is 2.36. The Morgan fingerprint density at radius 1 is 1.04 bits per heavy atom. The van der Waals surface area contributed by atoms with E-state index < -0.39 is 15.9 Å². The quantitative estimate of drug-likeness (QED) is 0.722. The Kier molecular flexibility index (Phi) is 3.65. The van der Waals surface area contributed by atoms with Crippen molar-refractivity contribution in [3.63, 3.8) is 0 Å². The van der Waals surface area contributed by atoms with Crippen LogP contribution in [0.5, 0.6) is 0 Å². The predicted molar refractivity (Wildman–Crippen MR) is 90.9 cm³/mol. The zero-order valence-corrected chi connectivity index (χ0v) is 13.9. The van der Waals surface area contributed by atoms with Crippen molar-refractivity contribution in [1.82, 2.24) is 9.29 Å². The van der Waals surface area contributed by atoms with Gasteiger partial charge in [-0.2, -0.15) is 0 Å². The van der Waals surface area contributed by atoms with Gasteiger partial charge in [0.1, 0.15) is 6.54 Å². The van der Waals surface area contributed by atoms with Gasteiger partial charge >= 0.3 is 0 Å². The lowest BCUT2D eigenvalue weighted by Crippen LogP contribution is -2.41. The van der Waals surface area contributed by atoms with E-state index in [-0.39, 0.29) is 18.2 Å². The number of hydrogen-bond donors (Lipinski definition) is 0. The van der Waals surface area contributed by atoms with Gasteiger partial charge in [0.15, 0.2) is 5.76 Å². The molecule has 126 valence electrons. The third-order valence-corrected chi connectivity index (χ3v) is 5.68. The Bertz CT molecular complexity index is 1040. The number of fused-ring (bicyclic) bond motifs is 1. The average molecular weight is 354 g/mol. The van der Waals surface area contributed by atoms with E-state index in [4.69, 9.17) is 4.42 Å². The van der Waals surface area contributed by atoms with E-state index in [1.807, 2.05) is 30.3 Å². The summed E-state index contributed by atoms with van der Waals surface area (Å²) in [6.07, 6.45) is 1.53. The minimum atomic E-state index is -3.76. The van der Waals surface area contributed by atoms with Gasteiger partial charge in [0.2, 0.25) is 15.9 Å². The van der Waals surface area contributed by atoms with E-state index in [2.05, 4.69) is 4.98 Å². The zero-order valence-electron chi connectivity index (χ0n) is 13.1. The predicted octanol–water partition coefficient (Wildman–Crippen LogP) is 2.83. The van der Waals surface area contributed by atoms with E-state index in [9.17, 15) is 13.2 Å². The van der Waals surface area contributed by atoms with Crippen LogP contribution in [0.15, 0.2) is 65.2 Å². The van der Waals surface area contributed by atoms with Crippen LogP contribution < -0.4 is 0 Å². The normalized spacial score (nSPS) is 15.8. The average Bonchev–Trinajstić information content (AvgIpc) is 3.08. The molecule has 1 aromatic heterocycles. The van der Waals surface area contributed by atoms with Crippen LogP contribution >= 0.6 is 0 Å². The summed E-state index contributed by atoms with van der Waals surface area (Å²) in [5.74, 6) is -0.0597. The Morgan fingerprint density at radius 2 is 1.76 bits per heavy atom. The van der Waals surface area contributed by atoms with Gasteiger partial charge in [-0.05, 0) is 11.6 Å². The Morgan fingerprint density at radius 3 is 2.56 bits per heavy atom. The SMILES string of the molecule is O=C1c2ccccc2CS(=O)(=O)N1Cc1ncc(-c2ccccc2)o1. The summed E-state index contributed by atoms with van der Waals surface area (Å²) >= 11 is 0. The number of nitrogens with zero attached hydrogens (tertiary/aromatic N) is 2. The molecule has 1 amide bonds. The molecule has 4 rings (SSSR count). The van der Waals surface area contributed by atoms with E-state index in [0.29, 0.717) is 16.9 Å². The summed E-state index contributed by atoms with van der Waals surface area (Å²) in [6, 6.07) is 16.1. The number of rotatable bonds is 3. The number of oxazole rings is 1. The van der Waals surface area contributed by atoms with E-state index in [1.54, 1.807) is 24.3 Å². The minimum absolute atomic E-state index is 0.176. The number of amides is 1. The molecule has 6 nitrogen and oxygen atoms in total. The van der Waals surface area contributed by atoms with Gasteiger partial charge in [-0.3, -0.25) is 4.79 Å². The molecule has 0 radical (unpaired) electrons. The molecule has 1 aliphatic heterocycles. The van der Waals surface area contributed by atoms with Crippen LogP contribution in [-0.4, -0.2) is 23.6 Å². The molecule has 0 fully saturated rings. The molecule has 0 spiro atoms. The summed E-state index contributed by atoms with van der Waals surface area (Å²) in [6.45, 7) is -0.220. The lowest BCUT2D eigenvalue weighted by atomic mass is 10.1. The fraction of sp³-hybridized carbons (Fsp3) is 0.111. The molecular weight excluding hydrogens is 340 g/mol. The first-order chi connectivity index (χ1) is 12.0. The van der Waals surface area contributed by atoms with Gasteiger partial charge in [-0.15, -0.1) is 0 Å². The highest BCUT2D eigenvalue weighted by Crippen LogP contribution is 2.27. The third-order valence-electron chi connectivity index (χ3n) is 4.04. The van der Waals surface area contributed by atoms with E-state index in [1.165, 1.54) is 6.20 Å². The summed E-state index contributed by atoms with van der Waals surface area (Å²) in [5.41, 5.74) is 1.74. The van der Waals surface area contributed by atoms with Crippen molar-refractivity contribution < 1.29 is 17.6 Å².